The minimum absolute atomic E-state index is 0.00189. The SMILES string of the molecule is C[C@@H]1CC2C3CCC4=CC(=O)C=CC4(C)C3C(O)CC2(C)C1C(=O)COC(=O)OCCCCO[N+](=O)[O-]. The molecule has 3 fully saturated rings. The molecule has 4 aliphatic rings. The molecule has 10 nitrogen and oxygen atoms in total. The van der Waals surface area contributed by atoms with Gasteiger partial charge >= 0.3 is 6.16 Å². The molecule has 0 aliphatic heterocycles. The van der Waals surface area contributed by atoms with Crippen LogP contribution in [-0.2, 0) is 23.9 Å². The third-order valence-corrected chi connectivity index (χ3v) is 9.47. The summed E-state index contributed by atoms with van der Waals surface area (Å²) in [5, 5.41) is 20.7. The van der Waals surface area contributed by atoms with Crippen molar-refractivity contribution in [3.05, 3.63) is 33.9 Å². The van der Waals surface area contributed by atoms with Gasteiger partial charge in [-0.05, 0) is 73.8 Å². The molecular formula is C27H37NO9. The molecule has 0 radical (unpaired) electrons. The Balaban J connectivity index is 1.37. The fourth-order valence-corrected chi connectivity index (χ4v) is 8.14. The lowest BCUT2D eigenvalue weighted by atomic mass is 9.46. The van der Waals surface area contributed by atoms with Crippen molar-refractivity contribution in [2.75, 3.05) is 19.8 Å². The number of allylic oxidation sites excluding steroid dienone is 4. The number of ether oxygens (including phenoxy) is 2. The molecule has 8 atom stereocenters. The zero-order valence-electron chi connectivity index (χ0n) is 21.7. The second-order valence-electron chi connectivity index (χ2n) is 11.6. The van der Waals surface area contributed by atoms with Crippen molar-refractivity contribution in [1.29, 1.82) is 0 Å². The first-order chi connectivity index (χ1) is 17.5. The lowest BCUT2D eigenvalue weighted by Crippen LogP contribution is -2.56. The highest BCUT2D eigenvalue weighted by Gasteiger charge is 2.64. The predicted molar refractivity (Wildman–Crippen MR) is 131 cm³/mol. The number of rotatable bonds is 9. The molecule has 204 valence electrons. The second kappa shape index (κ2) is 10.6. The highest BCUT2D eigenvalue weighted by Crippen LogP contribution is 2.67. The van der Waals surface area contributed by atoms with Crippen molar-refractivity contribution in [1.82, 2.24) is 0 Å². The molecule has 0 amide bonds. The Morgan fingerprint density at radius 1 is 1.22 bits per heavy atom. The summed E-state index contributed by atoms with van der Waals surface area (Å²) in [5.41, 5.74) is 0.332. The summed E-state index contributed by atoms with van der Waals surface area (Å²) >= 11 is 0. The third kappa shape index (κ3) is 5.17. The number of ketones is 2. The van der Waals surface area contributed by atoms with E-state index in [9.17, 15) is 29.6 Å². The van der Waals surface area contributed by atoms with Crippen LogP contribution in [0.25, 0.3) is 0 Å². The molecule has 0 aromatic carbocycles. The third-order valence-electron chi connectivity index (χ3n) is 9.47. The van der Waals surface area contributed by atoms with Gasteiger partial charge in [0.05, 0.1) is 19.3 Å². The van der Waals surface area contributed by atoms with Gasteiger partial charge < -0.3 is 19.4 Å². The highest BCUT2D eigenvalue weighted by molar-refractivity contribution is 6.01. The molecule has 0 aromatic rings. The maximum atomic E-state index is 13.3. The average Bonchev–Trinajstić information content (AvgIpc) is 3.09. The summed E-state index contributed by atoms with van der Waals surface area (Å²) in [6.45, 7) is 5.83. The average molecular weight is 520 g/mol. The molecule has 0 saturated heterocycles. The Bertz CT molecular complexity index is 1010. The number of aliphatic hydroxyl groups is 1. The van der Waals surface area contributed by atoms with Gasteiger partial charge in [-0.25, -0.2) is 4.79 Å². The van der Waals surface area contributed by atoms with E-state index in [0.29, 0.717) is 19.3 Å². The fourth-order valence-electron chi connectivity index (χ4n) is 8.14. The summed E-state index contributed by atoms with van der Waals surface area (Å²) in [7, 11) is 0. The number of carbonyl (C=O) groups excluding carboxylic acids is 3. The lowest BCUT2D eigenvalue weighted by Gasteiger charge is -2.58. The number of Topliss-reactive ketones (excluding diaryl/α,β-unsaturated/α-hetero) is 1. The van der Waals surface area contributed by atoms with Crippen LogP contribution < -0.4 is 0 Å². The Hall–Kier alpha value is -2.75. The fraction of sp³-hybridized carbons (Fsp3) is 0.741. The van der Waals surface area contributed by atoms with E-state index in [1.165, 1.54) is 0 Å². The van der Waals surface area contributed by atoms with Crippen LogP contribution in [0.2, 0.25) is 0 Å². The minimum Gasteiger partial charge on any atom is -0.434 e. The van der Waals surface area contributed by atoms with Crippen LogP contribution in [0.4, 0.5) is 4.79 Å². The van der Waals surface area contributed by atoms with Crippen LogP contribution in [0.15, 0.2) is 23.8 Å². The van der Waals surface area contributed by atoms with Gasteiger partial charge in [-0.15, -0.1) is 10.1 Å². The van der Waals surface area contributed by atoms with E-state index >= 15 is 0 Å². The quantitative estimate of drug-likeness (QED) is 0.208. The largest absolute Gasteiger partial charge is 0.508 e. The zero-order chi connectivity index (χ0) is 27.0. The monoisotopic (exact) mass is 519 g/mol. The van der Waals surface area contributed by atoms with Crippen LogP contribution in [0.1, 0.15) is 59.3 Å². The van der Waals surface area contributed by atoms with Gasteiger partial charge in [0.15, 0.2) is 18.2 Å². The van der Waals surface area contributed by atoms with Gasteiger partial charge in [-0.1, -0.05) is 32.4 Å². The van der Waals surface area contributed by atoms with E-state index in [1.54, 1.807) is 12.2 Å². The maximum Gasteiger partial charge on any atom is 0.508 e. The predicted octanol–water partition coefficient (Wildman–Crippen LogP) is 3.84. The van der Waals surface area contributed by atoms with E-state index in [2.05, 4.69) is 25.6 Å². The van der Waals surface area contributed by atoms with E-state index in [0.717, 1.165) is 24.8 Å². The van der Waals surface area contributed by atoms with Crippen LogP contribution in [0.3, 0.4) is 0 Å². The smallest absolute Gasteiger partial charge is 0.434 e. The van der Waals surface area contributed by atoms with Crippen molar-refractivity contribution >= 4 is 17.7 Å². The van der Waals surface area contributed by atoms with Crippen molar-refractivity contribution in [3.63, 3.8) is 0 Å². The number of hydrogen-bond donors (Lipinski definition) is 1. The first kappa shape index (κ1) is 27.3. The molecule has 0 heterocycles. The van der Waals surface area contributed by atoms with Crippen LogP contribution in [-0.4, -0.2) is 53.8 Å². The normalized spacial score (nSPS) is 38.1. The van der Waals surface area contributed by atoms with Crippen LogP contribution >= 0.6 is 0 Å². The van der Waals surface area contributed by atoms with Gasteiger partial charge in [0.1, 0.15) is 0 Å². The number of carbonyl (C=O) groups is 3. The minimum atomic E-state index is -0.946. The molecule has 7 unspecified atom stereocenters. The van der Waals surface area contributed by atoms with E-state index in [4.69, 9.17) is 9.47 Å². The number of hydrogen-bond acceptors (Lipinski definition) is 9. The molecule has 0 aromatic heterocycles. The van der Waals surface area contributed by atoms with Gasteiger partial charge in [0, 0.05) is 17.3 Å². The standard InChI is InChI=1S/C27H37NO9/c1-16-12-20-19-7-6-17-13-18(29)8-9-26(17,2)24(19)21(30)14-27(20,3)23(16)22(31)15-36-25(32)35-10-4-5-11-37-28(33)34/h8-9,13,16,19-21,23-24,30H,4-7,10-12,14-15H2,1-3H3/t16-,19?,20?,21?,23?,24?,26?,27?/m1/s1. The van der Waals surface area contributed by atoms with Gasteiger partial charge in [0.2, 0.25) is 0 Å². The first-order valence-electron chi connectivity index (χ1n) is 13.2. The van der Waals surface area contributed by atoms with Crippen LogP contribution in [0.5, 0.6) is 0 Å². The molecule has 0 spiro atoms. The van der Waals surface area contributed by atoms with Gasteiger partial charge in [-0.2, -0.15) is 0 Å². The number of fused-ring (bicyclic) bond motifs is 5. The van der Waals surface area contributed by atoms with E-state index in [-0.39, 0.29) is 66.4 Å². The zero-order valence-corrected chi connectivity index (χ0v) is 21.7. The summed E-state index contributed by atoms with van der Waals surface area (Å²) in [6, 6.07) is 0. The molecule has 3 saturated carbocycles. The molecule has 37 heavy (non-hydrogen) atoms. The van der Waals surface area contributed by atoms with Crippen molar-refractivity contribution < 1.29 is 38.9 Å². The van der Waals surface area contributed by atoms with Crippen molar-refractivity contribution in [3.8, 4) is 0 Å². The molecule has 1 N–H and O–H groups in total. The van der Waals surface area contributed by atoms with E-state index < -0.39 is 22.8 Å². The van der Waals surface area contributed by atoms with Gasteiger partial charge in [-0.3, -0.25) is 9.59 Å². The number of unbranched alkanes of at least 4 members (excludes halogenated alkanes) is 1. The Kier molecular flexibility index (Phi) is 7.78. The Morgan fingerprint density at radius 2 is 1.95 bits per heavy atom. The molecule has 4 rings (SSSR count). The molecule has 0 bridgehead atoms. The summed E-state index contributed by atoms with van der Waals surface area (Å²) in [4.78, 5) is 51.6. The lowest BCUT2D eigenvalue weighted by molar-refractivity contribution is -0.757. The van der Waals surface area contributed by atoms with Crippen LogP contribution in [0, 0.1) is 50.5 Å². The Labute approximate surface area is 216 Å². The molecule has 10 heteroatoms. The first-order valence-corrected chi connectivity index (χ1v) is 13.2. The number of nitrogens with zero attached hydrogens (tertiary/aromatic N) is 1. The summed E-state index contributed by atoms with van der Waals surface area (Å²) in [6.07, 6.45) is 7.54. The van der Waals surface area contributed by atoms with E-state index in [1.807, 2.05) is 6.08 Å². The van der Waals surface area contributed by atoms with Gasteiger partial charge in [0.25, 0.3) is 5.09 Å². The maximum absolute atomic E-state index is 13.3. The summed E-state index contributed by atoms with van der Waals surface area (Å²) < 4.78 is 10.1. The Morgan fingerprint density at radius 3 is 2.68 bits per heavy atom. The topological polar surface area (TPSA) is 142 Å². The second-order valence-corrected chi connectivity index (χ2v) is 11.6. The number of aliphatic hydroxyl groups excluding tert-OH is 1. The highest BCUT2D eigenvalue weighted by atomic mass is 16.9. The summed E-state index contributed by atoms with van der Waals surface area (Å²) in [5.74, 6) is 0.0739. The van der Waals surface area contributed by atoms with Crippen molar-refractivity contribution in [2.24, 2.45) is 40.4 Å². The molecular weight excluding hydrogens is 482 g/mol. The van der Waals surface area contributed by atoms with Crippen molar-refractivity contribution in [2.45, 2.75) is 65.4 Å². The molecule has 4 aliphatic carbocycles.